The molecule has 0 unspecified atom stereocenters. The Morgan fingerprint density at radius 2 is 2.46 bits per heavy atom. The number of carbonyl (C=O) groups is 1. The van der Waals surface area contributed by atoms with Gasteiger partial charge in [-0.2, -0.15) is 0 Å². The summed E-state index contributed by atoms with van der Waals surface area (Å²) in [4.78, 5) is 19.2. The molecular weight excluding hydrogens is 166 g/mol. The van der Waals surface area contributed by atoms with E-state index in [1.54, 1.807) is 6.20 Å². The Balaban J connectivity index is 1.87. The first kappa shape index (κ1) is 8.29. The van der Waals surface area contributed by atoms with Gasteiger partial charge >= 0.3 is 0 Å². The van der Waals surface area contributed by atoms with Gasteiger partial charge in [0.1, 0.15) is 0 Å². The average Bonchev–Trinajstić information content (AvgIpc) is 2.54. The molecule has 0 spiro atoms. The summed E-state index contributed by atoms with van der Waals surface area (Å²) in [6.07, 6.45) is 7.24. The minimum atomic E-state index is 0.274. The van der Waals surface area contributed by atoms with E-state index in [2.05, 4.69) is 9.89 Å². The summed E-state index contributed by atoms with van der Waals surface area (Å²) in [5.74, 6) is 0.274. The fraction of sp³-hybridized carbons (Fsp3) is 0.556. The van der Waals surface area contributed by atoms with Crippen molar-refractivity contribution in [1.82, 2.24) is 9.80 Å². The number of hydrogen-bond acceptors (Lipinski definition) is 3. The van der Waals surface area contributed by atoms with Gasteiger partial charge in [-0.3, -0.25) is 9.79 Å². The highest BCUT2D eigenvalue weighted by atomic mass is 16.2. The van der Waals surface area contributed by atoms with Gasteiger partial charge < -0.3 is 9.80 Å². The maximum atomic E-state index is 11.3. The second-order valence-corrected chi connectivity index (χ2v) is 3.30. The van der Waals surface area contributed by atoms with Crippen molar-refractivity contribution in [2.75, 3.05) is 19.8 Å². The number of nitrogens with zero attached hydrogens (tertiary/aromatic N) is 3. The van der Waals surface area contributed by atoms with Crippen molar-refractivity contribution in [2.24, 2.45) is 4.99 Å². The summed E-state index contributed by atoms with van der Waals surface area (Å²) in [6.45, 7) is 2.42. The van der Waals surface area contributed by atoms with Crippen LogP contribution in [0.4, 0.5) is 0 Å². The lowest BCUT2D eigenvalue weighted by Gasteiger charge is -2.26. The molecule has 0 aromatic heterocycles. The Labute approximate surface area is 77.5 Å². The molecule has 2 aliphatic rings. The van der Waals surface area contributed by atoms with Crippen molar-refractivity contribution in [3.63, 3.8) is 0 Å². The van der Waals surface area contributed by atoms with E-state index in [0.717, 1.165) is 19.5 Å². The van der Waals surface area contributed by atoms with Crippen LogP contribution in [-0.2, 0) is 4.79 Å². The summed E-state index contributed by atoms with van der Waals surface area (Å²) < 4.78 is 0. The lowest BCUT2D eigenvalue weighted by atomic mass is 10.4. The smallest absolute Gasteiger partial charge is 0.224 e. The van der Waals surface area contributed by atoms with Crippen LogP contribution >= 0.6 is 0 Å². The monoisotopic (exact) mass is 179 g/mol. The second kappa shape index (κ2) is 3.60. The van der Waals surface area contributed by atoms with Crippen molar-refractivity contribution in [1.29, 1.82) is 0 Å². The van der Waals surface area contributed by atoms with Gasteiger partial charge in [-0.15, -0.1) is 0 Å². The molecule has 0 N–H and O–H groups in total. The molecule has 0 radical (unpaired) electrons. The van der Waals surface area contributed by atoms with Crippen molar-refractivity contribution >= 4 is 12.1 Å². The van der Waals surface area contributed by atoms with Gasteiger partial charge in [0.2, 0.25) is 5.91 Å². The zero-order valence-electron chi connectivity index (χ0n) is 7.52. The molecule has 1 saturated heterocycles. The first-order valence-corrected chi connectivity index (χ1v) is 4.56. The fourth-order valence-electron chi connectivity index (χ4n) is 1.58. The first-order chi connectivity index (χ1) is 6.36. The number of rotatable bonds is 2. The molecule has 13 heavy (non-hydrogen) atoms. The molecule has 70 valence electrons. The van der Waals surface area contributed by atoms with E-state index in [0.29, 0.717) is 13.1 Å². The standard InChI is InChI=1S/C9H13N3O/c13-9-2-1-5-12(9)8-11-6-3-10-4-7-11/h3-4,6H,1-2,5,7-8H2. The van der Waals surface area contributed by atoms with Gasteiger partial charge in [-0.25, -0.2) is 0 Å². The normalized spacial score (nSPS) is 21.7. The average molecular weight is 179 g/mol. The van der Waals surface area contributed by atoms with E-state index < -0.39 is 0 Å². The minimum Gasteiger partial charge on any atom is -0.353 e. The summed E-state index contributed by atoms with van der Waals surface area (Å²) in [7, 11) is 0. The number of hydrogen-bond donors (Lipinski definition) is 0. The van der Waals surface area contributed by atoms with E-state index in [1.807, 2.05) is 17.3 Å². The van der Waals surface area contributed by atoms with Crippen LogP contribution in [0.5, 0.6) is 0 Å². The molecule has 1 fully saturated rings. The second-order valence-electron chi connectivity index (χ2n) is 3.30. The van der Waals surface area contributed by atoms with Crippen LogP contribution in [0.25, 0.3) is 0 Å². The SMILES string of the molecule is O=C1CCCN1CN1C=CN=CC1. The van der Waals surface area contributed by atoms with Gasteiger partial charge in [0, 0.05) is 31.6 Å². The summed E-state index contributed by atoms with van der Waals surface area (Å²) in [5.41, 5.74) is 0. The van der Waals surface area contributed by atoms with E-state index in [1.165, 1.54) is 0 Å². The molecule has 0 aromatic carbocycles. The van der Waals surface area contributed by atoms with E-state index in [4.69, 9.17) is 0 Å². The van der Waals surface area contributed by atoms with Crippen LogP contribution in [0.1, 0.15) is 12.8 Å². The number of likely N-dealkylation sites (tertiary alicyclic amines) is 1. The van der Waals surface area contributed by atoms with Crippen molar-refractivity contribution < 1.29 is 4.79 Å². The maximum absolute atomic E-state index is 11.3. The molecule has 4 nitrogen and oxygen atoms in total. The van der Waals surface area contributed by atoms with Gasteiger partial charge in [-0.1, -0.05) is 0 Å². The summed E-state index contributed by atoms with van der Waals surface area (Å²) in [6, 6.07) is 0. The molecule has 1 amide bonds. The Morgan fingerprint density at radius 3 is 3.08 bits per heavy atom. The molecule has 0 atom stereocenters. The highest BCUT2D eigenvalue weighted by Gasteiger charge is 2.21. The van der Waals surface area contributed by atoms with Gasteiger partial charge in [0.05, 0.1) is 13.2 Å². The van der Waals surface area contributed by atoms with Crippen molar-refractivity contribution in [3.8, 4) is 0 Å². The largest absolute Gasteiger partial charge is 0.353 e. The number of aliphatic imine (C=N–C) groups is 1. The van der Waals surface area contributed by atoms with Crippen LogP contribution in [-0.4, -0.2) is 41.7 Å². The van der Waals surface area contributed by atoms with Crippen molar-refractivity contribution in [3.05, 3.63) is 12.4 Å². The molecule has 0 aliphatic carbocycles. The predicted octanol–water partition coefficient (Wildman–Crippen LogP) is 0.424. The quantitative estimate of drug-likeness (QED) is 0.616. The molecule has 0 bridgehead atoms. The molecule has 0 saturated carbocycles. The Kier molecular flexibility index (Phi) is 2.29. The molecule has 4 heteroatoms. The fourth-order valence-corrected chi connectivity index (χ4v) is 1.58. The number of amides is 1. The number of carbonyl (C=O) groups excluding carboxylic acids is 1. The van der Waals surface area contributed by atoms with Crippen LogP contribution in [0.3, 0.4) is 0 Å². The van der Waals surface area contributed by atoms with E-state index in [-0.39, 0.29) is 5.91 Å². The topological polar surface area (TPSA) is 35.9 Å². The lowest BCUT2D eigenvalue weighted by Crippen LogP contribution is -2.37. The highest BCUT2D eigenvalue weighted by molar-refractivity contribution is 5.78. The Morgan fingerprint density at radius 1 is 1.54 bits per heavy atom. The predicted molar refractivity (Wildman–Crippen MR) is 50.2 cm³/mol. The third kappa shape index (κ3) is 1.88. The van der Waals surface area contributed by atoms with E-state index >= 15 is 0 Å². The highest BCUT2D eigenvalue weighted by Crippen LogP contribution is 2.10. The lowest BCUT2D eigenvalue weighted by molar-refractivity contribution is -0.129. The van der Waals surface area contributed by atoms with Crippen molar-refractivity contribution in [2.45, 2.75) is 12.8 Å². The Hall–Kier alpha value is -1.32. The van der Waals surface area contributed by atoms with Crippen LogP contribution < -0.4 is 0 Å². The first-order valence-electron chi connectivity index (χ1n) is 4.56. The third-order valence-corrected chi connectivity index (χ3v) is 2.31. The van der Waals surface area contributed by atoms with Crippen LogP contribution in [0, 0.1) is 0 Å². The molecule has 2 rings (SSSR count). The van der Waals surface area contributed by atoms with Gasteiger partial charge in [-0.05, 0) is 6.42 Å². The third-order valence-electron chi connectivity index (χ3n) is 2.31. The minimum absolute atomic E-state index is 0.274. The molecule has 0 aromatic rings. The molecule has 2 heterocycles. The zero-order valence-corrected chi connectivity index (χ0v) is 7.52. The van der Waals surface area contributed by atoms with Crippen LogP contribution in [0.15, 0.2) is 17.4 Å². The summed E-state index contributed by atoms with van der Waals surface area (Å²) in [5, 5.41) is 0. The van der Waals surface area contributed by atoms with E-state index in [9.17, 15) is 4.79 Å². The summed E-state index contributed by atoms with van der Waals surface area (Å²) >= 11 is 0. The molecule has 2 aliphatic heterocycles. The van der Waals surface area contributed by atoms with Gasteiger partial charge in [0.15, 0.2) is 0 Å². The van der Waals surface area contributed by atoms with Gasteiger partial charge in [0.25, 0.3) is 0 Å². The van der Waals surface area contributed by atoms with Crippen LogP contribution in [0.2, 0.25) is 0 Å². The molecular formula is C9H13N3O. The zero-order chi connectivity index (χ0) is 9.10. The maximum Gasteiger partial charge on any atom is 0.224 e. The Bertz CT molecular complexity index is 260.